The van der Waals surface area contributed by atoms with Gasteiger partial charge < -0.3 is 4.90 Å². The molecular weight excluding hydrogens is 148 g/mol. The molecule has 0 aromatic rings. The molecule has 0 fully saturated rings. The van der Waals surface area contributed by atoms with Gasteiger partial charge in [-0.1, -0.05) is 6.92 Å². The van der Waals surface area contributed by atoms with E-state index in [4.69, 9.17) is 0 Å². The molecule has 0 bridgehead atoms. The summed E-state index contributed by atoms with van der Waals surface area (Å²) < 4.78 is 0. The highest BCUT2D eigenvalue weighted by Gasteiger charge is 2.09. The summed E-state index contributed by atoms with van der Waals surface area (Å²) >= 11 is 0. The van der Waals surface area contributed by atoms with Gasteiger partial charge in [-0.25, -0.2) is 4.99 Å². The maximum absolute atomic E-state index is 4.31. The van der Waals surface area contributed by atoms with Crippen molar-refractivity contribution in [2.45, 2.75) is 27.2 Å². The van der Waals surface area contributed by atoms with Gasteiger partial charge in [-0.3, -0.25) is 0 Å². The molecule has 12 heavy (non-hydrogen) atoms. The van der Waals surface area contributed by atoms with E-state index >= 15 is 0 Å². The van der Waals surface area contributed by atoms with Crippen molar-refractivity contribution in [3.63, 3.8) is 0 Å². The molecule has 2 nitrogen and oxygen atoms in total. The molecule has 0 radical (unpaired) electrons. The summed E-state index contributed by atoms with van der Waals surface area (Å²) in [7, 11) is 0. The van der Waals surface area contributed by atoms with E-state index in [1.165, 1.54) is 5.70 Å². The second-order valence-electron chi connectivity index (χ2n) is 2.80. The van der Waals surface area contributed by atoms with Gasteiger partial charge in [0.1, 0.15) is 5.82 Å². The average Bonchev–Trinajstić information content (AvgIpc) is 2.05. The molecule has 0 aromatic carbocycles. The Morgan fingerprint density at radius 1 is 1.50 bits per heavy atom. The van der Waals surface area contributed by atoms with Crippen LogP contribution in [0.3, 0.4) is 0 Å². The molecule has 0 aromatic heterocycles. The van der Waals surface area contributed by atoms with Crippen molar-refractivity contribution in [3.8, 4) is 0 Å². The highest BCUT2D eigenvalue weighted by atomic mass is 15.2. The summed E-state index contributed by atoms with van der Waals surface area (Å²) in [5.41, 5.74) is 1.27. The normalized spacial score (nSPS) is 20.1. The van der Waals surface area contributed by atoms with Crippen LogP contribution in [0.1, 0.15) is 27.2 Å². The van der Waals surface area contributed by atoms with Gasteiger partial charge in [0.15, 0.2) is 0 Å². The van der Waals surface area contributed by atoms with E-state index in [1.54, 1.807) is 0 Å². The summed E-state index contributed by atoms with van der Waals surface area (Å²) in [6, 6.07) is 0. The molecule has 0 aliphatic carbocycles. The standard InChI is InChI=1S/C10H16N2/c1-4-6-10-11-8-7-9(3)12(10)5-2/h6-8H,4-5H2,1-3H3/b10-6-. The predicted molar refractivity (Wildman–Crippen MR) is 53.0 cm³/mol. The minimum atomic E-state index is 0.992. The highest BCUT2D eigenvalue weighted by Crippen LogP contribution is 2.16. The van der Waals surface area contributed by atoms with Crippen LogP contribution in [-0.4, -0.2) is 17.7 Å². The lowest BCUT2D eigenvalue weighted by Crippen LogP contribution is -2.22. The minimum absolute atomic E-state index is 0.992. The summed E-state index contributed by atoms with van der Waals surface area (Å²) in [4.78, 5) is 6.52. The van der Waals surface area contributed by atoms with Crippen molar-refractivity contribution in [3.05, 3.63) is 23.7 Å². The van der Waals surface area contributed by atoms with Crippen molar-refractivity contribution in [1.82, 2.24) is 4.90 Å². The van der Waals surface area contributed by atoms with Crippen LogP contribution >= 0.6 is 0 Å². The molecule has 1 aliphatic rings. The van der Waals surface area contributed by atoms with Crippen LogP contribution in [-0.2, 0) is 0 Å². The predicted octanol–water partition coefficient (Wildman–Crippen LogP) is 2.55. The van der Waals surface area contributed by atoms with Crippen LogP contribution in [0.25, 0.3) is 0 Å². The Morgan fingerprint density at radius 3 is 2.83 bits per heavy atom. The topological polar surface area (TPSA) is 15.6 Å². The van der Waals surface area contributed by atoms with Gasteiger partial charge in [-0.2, -0.15) is 0 Å². The zero-order chi connectivity index (χ0) is 8.97. The molecule has 1 heterocycles. The fraction of sp³-hybridized carbons (Fsp3) is 0.500. The summed E-state index contributed by atoms with van der Waals surface area (Å²) in [5.74, 6) is 1.08. The fourth-order valence-corrected chi connectivity index (χ4v) is 1.32. The number of rotatable bonds is 2. The van der Waals surface area contributed by atoms with Crippen LogP contribution in [0.15, 0.2) is 28.7 Å². The van der Waals surface area contributed by atoms with Crippen molar-refractivity contribution in [2.24, 2.45) is 4.99 Å². The lowest BCUT2D eigenvalue weighted by molar-refractivity contribution is 0.442. The number of hydrogen-bond acceptors (Lipinski definition) is 2. The Hall–Kier alpha value is -1.05. The Bertz CT molecular complexity index is 236. The van der Waals surface area contributed by atoms with Crippen LogP contribution in [0.4, 0.5) is 0 Å². The van der Waals surface area contributed by atoms with Gasteiger partial charge in [-0.15, -0.1) is 0 Å². The zero-order valence-electron chi connectivity index (χ0n) is 8.04. The minimum Gasteiger partial charge on any atom is -0.331 e. The second-order valence-corrected chi connectivity index (χ2v) is 2.80. The number of hydrogen-bond donors (Lipinski definition) is 0. The second kappa shape index (κ2) is 4.10. The average molecular weight is 164 g/mol. The molecule has 0 atom stereocenters. The third-order valence-electron chi connectivity index (χ3n) is 1.93. The van der Waals surface area contributed by atoms with Crippen LogP contribution in [0.5, 0.6) is 0 Å². The molecule has 0 spiro atoms. The van der Waals surface area contributed by atoms with Crippen LogP contribution < -0.4 is 0 Å². The molecule has 0 saturated heterocycles. The molecule has 0 saturated carbocycles. The van der Waals surface area contributed by atoms with Crippen molar-refractivity contribution in [1.29, 1.82) is 0 Å². The number of aliphatic imine (C=N–C) groups is 1. The molecule has 0 amide bonds. The third-order valence-corrected chi connectivity index (χ3v) is 1.93. The van der Waals surface area contributed by atoms with Gasteiger partial charge in [0.2, 0.25) is 0 Å². The van der Waals surface area contributed by atoms with E-state index in [0.717, 1.165) is 18.8 Å². The first-order chi connectivity index (χ1) is 5.79. The van der Waals surface area contributed by atoms with Gasteiger partial charge in [-0.05, 0) is 32.4 Å². The first-order valence-corrected chi connectivity index (χ1v) is 4.48. The molecule has 1 rings (SSSR count). The van der Waals surface area contributed by atoms with E-state index in [9.17, 15) is 0 Å². The molecule has 0 N–H and O–H groups in total. The van der Waals surface area contributed by atoms with E-state index in [2.05, 4.69) is 36.7 Å². The monoisotopic (exact) mass is 164 g/mol. The SMILES string of the molecule is CC/C=C1/N=CC=C(C)N1CC. The Kier molecular flexibility index (Phi) is 3.09. The van der Waals surface area contributed by atoms with Crippen LogP contribution in [0, 0.1) is 0 Å². The van der Waals surface area contributed by atoms with E-state index < -0.39 is 0 Å². The molecule has 2 heteroatoms. The maximum atomic E-state index is 4.31. The highest BCUT2D eigenvalue weighted by molar-refractivity contribution is 5.74. The molecular formula is C10H16N2. The summed E-state index contributed by atoms with van der Waals surface area (Å²) in [6.07, 6.45) is 7.09. The first-order valence-electron chi connectivity index (χ1n) is 4.48. The number of nitrogens with zero attached hydrogens (tertiary/aromatic N) is 2. The number of allylic oxidation sites excluding steroid dienone is 3. The first kappa shape index (κ1) is 9.04. The van der Waals surface area contributed by atoms with Crippen molar-refractivity contribution >= 4 is 6.21 Å². The Morgan fingerprint density at radius 2 is 2.25 bits per heavy atom. The van der Waals surface area contributed by atoms with Crippen molar-refractivity contribution in [2.75, 3.05) is 6.54 Å². The quantitative estimate of drug-likeness (QED) is 0.612. The van der Waals surface area contributed by atoms with Crippen LogP contribution in [0.2, 0.25) is 0 Å². The molecule has 0 unspecified atom stereocenters. The fourth-order valence-electron chi connectivity index (χ4n) is 1.32. The largest absolute Gasteiger partial charge is 0.331 e. The van der Waals surface area contributed by atoms with E-state index in [1.807, 2.05) is 12.3 Å². The van der Waals surface area contributed by atoms with E-state index in [0.29, 0.717) is 0 Å². The third kappa shape index (κ3) is 1.76. The van der Waals surface area contributed by atoms with Gasteiger partial charge in [0.25, 0.3) is 0 Å². The van der Waals surface area contributed by atoms with Gasteiger partial charge in [0.05, 0.1) is 0 Å². The lowest BCUT2D eigenvalue weighted by atomic mass is 10.3. The summed E-state index contributed by atoms with van der Waals surface area (Å²) in [5, 5.41) is 0. The smallest absolute Gasteiger partial charge is 0.128 e. The van der Waals surface area contributed by atoms with Crippen molar-refractivity contribution < 1.29 is 0 Å². The summed E-state index contributed by atoms with van der Waals surface area (Å²) in [6.45, 7) is 7.37. The molecule has 66 valence electrons. The maximum Gasteiger partial charge on any atom is 0.128 e. The zero-order valence-corrected chi connectivity index (χ0v) is 8.04. The van der Waals surface area contributed by atoms with E-state index in [-0.39, 0.29) is 0 Å². The Balaban J connectivity index is 2.84. The van der Waals surface area contributed by atoms with Gasteiger partial charge >= 0.3 is 0 Å². The Labute approximate surface area is 74.3 Å². The van der Waals surface area contributed by atoms with Gasteiger partial charge in [0, 0.05) is 18.5 Å². The molecule has 1 aliphatic heterocycles. The lowest BCUT2D eigenvalue weighted by Gasteiger charge is -2.25.